The van der Waals surface area contributed by atoms with E-state index < -0.39 is 0 Å². The third-order valence-corrected chi connectivity index (χ3v) is 3.00. The van der Waals surface area contributed by atoms with Gasteiger partial charge in [0.2, 0.25) is 0 Å². The molecule has 0 fully saturated rings. The molecule has 0 radical (unpaired) electrons. The fourth-order valence-corrected chi connectivity index (χ4v) is 2.39. The van der Waals surface area contributed by atoms with Gasteiger partial charge in [0, 0.05) is 6.42 Å². The molecule has 1 aromatic carbocycles. The molecule has 0 saturated carbocycles. The van der Waals surface area contributed by atoms with Crippen molar-refractivity contribution in [2.75, 3.05) is 7.11 Å². The minimum atomic E-state index is 0.173. The maximum Gasteiger partial charge on any atom is 0.136 e. The first-order valence-electron chi connectivity index (χ1n) is 5.31. The molecule has 2 nitrogen and oxygen atoms in total. The number of methoxy groups -OCH3 is 1. The molecule has 0 aliphatic heterocycles. The molecule has 3 heteroatoms. The van der Waals surface area contributed by atoms with E-state index in [1.54, 1.807) is 14.0 Å². The maximum atomic E-state index is 11.1. The second-order valence-corrected chi connectivity index (χ2v) is 5.09. The predicted molar refractivity (Wildman–Crippen MR) is 69.2 cm³/mol. The number of hydrogen-bond donors (Lipinski definition) is 0. The number of halogens is 1. The van der Waals surface area contributed by atoms with Gasteiger partial charge in [0.15, 0.2) is 0 Å². The van der Waals surface area contributed by atoms with Crippen molar-refractivity contribution in [3.8, 4) is 5.75 Å². The van der Waals surface area contributed by atoms with Crippen molar-refractivity contribution >= 4 is 21.7 Å². The van der Waals surface area contributed by atoms with Gasteiger partial charge < -0.3 is 4.74 Å². The number of hydrogen-bond acceptors (Lipinski definition) is 2. The van der Waals surface area contributed by atoms with Crippen molar-refractivity contribution in [3.63, 3.8) is 0 Å². The van der Waals surface area contributed by atoms with Crippen molar-refractivity contribution in [2.45, 2.75) is 33.1 Å². The van der Waals surface area contributed by atoms with Crippen LogP contribution < -0.4 is 4.74 Å². The number of rotatable bonds is 4. The molecule has 0 saturated heterocycles. The summed E-state index contributed by atoms with van der Waals surface area (Å²) in [5, 5.41) is 0. The Labute approximate surface area is 105 Å². The lowest BCUT2D eigenvalue weighted by molar-refractivity contribution is -0.116. The summed E-state index contributed by atoms with van der Waals surface area (Å²) in [5.41, 5.74) is 2.16. The highest BCUT2D eigenvalue weighted by atomic mass is 79.9. The summed E-state index contributed by atoms with van der Waals surface area (Å²) >= 11 is 3.48. The first kappa shape index (κ1) is 13.2. The van der Waals surface area contributed by atoms with Gasteiger partial charge in [0.05, 0.1) is 11.6 Å². The molecular formula is C13H17BrO2. The molecule has 0 bridgehead atoms. The minimum Gasteiger partial charge on any atom is -0.495 e. The quantitative estimate of drug-likeness (QED) is 0.843. The molecule has 0 atom stereocenters. The molecule has 0 aliphatic rings. The SMILES string of the molecule is COc1c(Br)cc(CC(C)=O)cc1C(C)C. The molecule has 0 amide bonds. The van der Waals surface area contributed by atoms with E-state index in [-0.39, 0.29) is 5.78 Å². The average molecular weight is 285 g/mol. The van der Waals surface area contributed by atoms with E-state index in [0.717, 1.165) is 21.3 Å². The molecular weight excluding hydrogens is 268 g/mol. The Morgan fingerprint density at radius 3 is 2.50 bits per heavy atom. The maximum absolute atomic E-state index is 11.1. The highest BCUT2D eigenvalue weighted by molar-refractivity contribution is 9.10. The number of ketones is 1. The summed E-state index contributed by atoms with van der Waals surface area (Å²) in [7, 11) is 1.66. The van der Waals surface area contributed by atoms with Crippen LogP contribution >= 0.6 is 15.9 Å². The van der Waals surface area contributed by atoms with Gasteiger partial charge in [-0.25, -0.2) is 0 Å². The van der Waals surface area contributed by atoms with Gasteiger partial charge in [0.25, 0.3) is 0 Å². The molecule has 0 unspecified atom stereocenters. The van der Waals surface area contributed by atoms with E-state index in [4.69, 9.17) is 4.74 Å². The number of ether oxygens (including phenoxy) is 1. The van der Waals surface area contributed by atoms with Gasteiger partial charge in [-0.15, -0.1) is 0 Å². The lowest BCUT2D eigenvalue weighted by Crippen LogP contribution is -2.01. The zero-order valence-electron chi connectivity index (χ0n) is 10.1. The van der Waals surface area contributed by atoms with E-state index in [1.807, 2.05) is 6.07 Å². The van der Waals surface area contributed by atoms with Crippen LogP contribution in [0.15, 0.2) is 16.6 Å². The van der Waals surface area contributed by atoms with Crippen LogP contribution in [-0.4, -0.2) is 12.9 Å². The summed E-state index contributed by atoms with van der Waals surface area (Å²) in [6.45, 7) is 5.83. The molecule has 88 valence electrons. The Bertz CT molecular complexity index is 397. The normalized spacial score (nSPS) is 10.6. The highest BCUT2D eigenvalue weighted by Crippen LogP contribution is 2.35. The molecule has 0 aromatic heterocycles. The Kier molecular flexibility index (Phi) is 4.54. The summed E-state index contributed by atoms with van der Waals surface area (Å²) < 4.78 is 6.28. The third kappa shape index (κ3) is 3.08. The summed E-state index contributed by atoms with van der Waals surface area (Å²) in [4.78, 5) is 11.1. The molecule has 0 heterocycles. The standard InChI is InChI=1S/C13H17BrO2/c1-8(2)11-6-10(5-9(3)15)7-12(14)13(11)16-4/h6-8H,5H2,1-4H3. The van der Waals surface area contributed by atoms with Gasteiger partial charge in [-0.2, -0.15) is 0 Å². The van der Waals surface area contributed by atoms with Crippen LogP contribution in [0.5, 0.6) is 5.75 Å². The summed E-state index contributed by atoms with van der Waals surface area (Å²) in [6.07, 6.45) is 0.475. The zero-order valence-corrected chi connectivity index (χ0v) is 11.7. The van der Waals surface area contributed by atoms with Crippen molar-refractivity contribution < 1.29 is 9.53 Å². The van der Waals surface area contributed by atoms with E-state index in [1.165, 1.54) is 0 Å². The van der Waals surface area contributed by atoms with Crippen molar-refractivity contribution in [3.05, 3.63) is 27.7 Å². The Morgan fingerprint density at radius 1 is 1.44 bits per heavy atom. The number of carbonyl (C=O) groups is 1. The van der Waals surface area contributed by atoms with Gasteiger partial charge in [-0.05, 0) is 46.0 Å². The van der Waals surface area contributed by atoms with Crippen molar-refractivity contribution in [2.24, 2.45) is 0 Å². The molecule has 1 aromatic rings. The van der Waals surface area contributed by atoms with Gasteiger partial charge in [0.1, 0.15) is 11.5 Å². The summed E-state index contributed by atoms with van der Waals surface area (Å²) in [6, 6.07) is 4.00. The van der Waals surface area contributed by atoms with E-state index in [2.05, 4.69) is 35.8 Å². The first-order chi connectivity index (χ1) is 7.45. The number of Topliss-reactive ketones (excluding diaryl/α,β-unsaturated/α-hetero) is 1. The first-order valence-corrected chi connectivity index (χ1v) is 6.10. The van der Waals surface area contributed by atoms with Crippen LogP contribution in [0.25, 0.3) is 0 Å². The largest absolute Gasteiger partial charge is 0.495 e. The van der Waals surface area contributed by atoms with Crippen LogP contribution in [0.1, 0.15) is 37.8 Å². The molecule has 0 aliphatic carbocycles. The Balaban J connectivity index is 3.22. The lowest BCUT2D eigenvalue weighted by atomic mass is 9.98. The number of benzene rings is 1. The lowest BCUT2D eigenvalue weighted by Gasteiger charge is -2.15. The van der Waals surface area contributed by atoms with Crippen LogP contribution in [0, 0.1) is 0 Å². The van der Waals surface area contributed by atoms with Gasteiger partial charge in [-0.3, -0.25) is 4.79 Å². The highest BCUT2D eigenvalue weighted by Gasteiger charge is 2.13. The smallest absolute Gasteiger partial charge is 0.136 e. The average Bonchev–Trinajstić information content (AvgIpc) is 2.15. The van der Waals surface area contributed by atoms with Crippen LogP contribution in [0.4, 0.5) is 0 Å². The fourth-order valence-electron chi connectivity index (χ4n) is 1.71. The predicted octanol–water partition coefficient (Wildman–Crippen LogP) is 3.71. The Hall–Kier alpha value is -0.830. The molecule has 0 spiro atoms. The zero-order chi connectivity index (χ0) is 12.3. The van der Waals surface area contributed by atoms with E-state index in [9.17, 15) is 4.79 Å². The van der Waals surface area contributed by atoms with E-state index >= 15 is 0 Å². The molecule has 16 heavy (non-hydrogen) atoms. The Morgan fingerprint density at radius 2 is 2.06 bits per heavy atom. The van der Waals surface area contributed by atoms with Gasteiger partial charge in [-0.1, -0.05) is 19.9 Å². The minimum absolute atomic E-state index is 0.173. The van der Waals surface area contributed by atoms with E-state index in [0.29, 0.717) is 12.3 Å². The van der Waals surface area contributed by atoms with Crippen LogP contribution in [0.3, 0.4) is 0 Å². The fraction of sp³-hybridized carbons (Fsp3) is 0.462. The number of carbonyl (C=O) groups excluding carboxylic acids is 1. The monoisotopic (exact) mass is 284 g/mol. The van der Waals surface area contributed by atoms with Gasteiger partial charge >= 0.3 is 0 Å². The molecule has 1 rings (SSSR count). The van der Waals surface area contributed by atoms with Crippen LogP contribution in [0.2, 0.25) is 0 Å². The second-order valence-electron chi connectivity index (χ2n) is 4.23. The summed E-state index contributed by atoms with van der Waals surface area (Å²) in [5.74, 6) is 1.41. The topological polar surface area (TPSA) is 26.3 Å². The van der Waals surface area contributed by atoms with Crippen molar-refractivity contribution in [1.29, 1.82) is 0 Å². The second kappa shape index (κ2) is 5.48. The third-order valence-electron chi connectivity index (χ3n) is 2.41. The van der Waals surface area contributed by atoms with Crippen LogP contribution in [-0.2, 0) is 11.2 Å². The van der Waals surface area contributed by atoms with Crippen molar-refractivity contribution in [1.82, 2.24) is 0 Å². The molecule has 0 N–H and O–H groups in total.